The molecule has 0 saturated heterocycles. The molecule has 9 nitrogen and oxygen atoms in total. The summed E-state index contributed by atoms with van der Waals surface area (Å²) in [4.78, 5) is 29.5. The molecular weight excluding hydrogens is 1650 g/mol. The summed E-state index contributed by atoms with van der Waals surface area (Å²) in [7, 11) is 0. The number of fused-ring (bicyclic) bond motifs is 23. The van der Waals surface area contributed by atoms with Crippen LogP contribution in [0.15, 0.2) is 426 Å². The number of hydrogen-bond donors (Lipinski definition) is 0. The molecule has 0 unspecified atom stereocenters. The highest BCUT2D eigenvalue weighted by Gasteiger charge is 2.22. The van der Waals surface area contributed by atoms with Gasteiger partial charge in [0.15, 0.2) is 0 Å². The quantitative estimate of drug-likeness (QED) is 0.130. The summed E-state index contributed by atoms with van der Waals surface area (Å²) < 4.78 is 26.2. The van der Waals surface area contributed by atoms with E-state index < -0.39 is 0 Å². The Hall–Kier alpha value is -16.5. The molecule has 12 heteroatoms. The number of benzene rings is 19. The molecule has 9 aromatic heterocycles. The summed E-state index contributed by atoms with van der Waals surface area (Å²) in [5.41, 5.74) is 26.0. The van der Waals surface area contributed by atoms with E-state index in [4.69, 9.17) is 43.2 Å². The fourth-order valence-electron chi connectivity index (χ4n) is 19.1. The van der Waals surface area contributed by atoms with Gasteiger partial charge in [-0.15, -0.1) is 34.0 Å². The molecule has 28 aromatic rings. The predicted molar refractivity (Wildman–Crippen MR) is 546 cm³/mol. The number of nitrogens with zero attached hydrogens (tertiary/aromatic N) is 6. The van der Waals surface area contributed by atoms with Gasteiger partial charge in [-0.2, -0.15) is 0 Å². The Kier molecular flexibility index (Phi) is 17.7. The highest BCUT2D eigenvalue weighted by molar-refractivity contribution is 7.27. The third-order valence-corrected chi connectivity index (χ3v) is 29.1. The van der Waals surface area contributed by atoms with E-state index in [1.807, 2.05) is 70.8 Å². The SMILES string of the molecule is c1cc(-c2cnc3oc4ccc(-c5cc6ccccc6c6ccccc56)cc4c3n2)cc(-c2cccc3c2sc2ccccc23)c1.c1cc(-c2cnc3oc4ccc(-c5ccc6ccccc6c5)cc4c3n2)cc(-c2cccc3c2sc2ccccc23)c1.c1cc(-c2cnc3oc4ccc(-c5cccc6ccccc56)cc4c3n2)cc(-c2cccc3c2sc2ccccc23)c1. The summed E-state index contributed by atoms with van der Waals surface area (Å²) in [5, 5.41) is 20.6. The maximum Gasteiger partial charge on any atom is 0.246 e. The van der Waals surface area contributed by atoms with Gasteiger partial charge in [-0.3, -0.25) is 0 Å². The molecule has 0 radical (unpaired) electrons. The zero-order chi connectivity index (χ0) is 85.4. The largest absolute Gasteiger partial charge is 0.436 e. The van der Waals surface area contributed by atoms with Crippen molar-refractivity contribution in [3.8, 4) is 101 Å². The summed E-state index contributed by atoms with van der Waals surface area (Å²) in [6, 6.07) is 140. The van der Waals surface area contributed by atoms with Gasteiger partial charge in [0.25, 0.3) is 0 Å². The van der Waals surface area contributed by atoms with Gasteiger partial charge in [0, 0.05) is 93.4 Å². The van der Waals surface area contributed by atoms with Gasteiger partial charge in [-0.1, -0.05) is 309 Å². The van der Waals surface area contributed by atoms with E-state index in [2.05, 4.69) is 376 Å². The number of aromatic nitrogens is 6. The number of rotatable bonds is 9. The molecule has 0 aliphatic rings. The molecule has 606 valence electrons. The molecule has 9 heterocycles. The van der Waals surface area contributed by atoms with Crippen LogP contribution in [0, 0.1) is 0 Å². The number of thiophene rings is 3. The van der Waals surface area contributed by atoms with Gasteiger partial charge >= 0.3 is 0 Å². The van der Waals surface area contributed by atoms with E-state index >= 15 is 0 Å². The van der Waals surface area contributed by atoms with Gasteiger partial charge < -0.3 is 13.3 Å². The molecule has 0 saturated carbocycles. The minimum atomic E-state index is 0.547. The lowest BCUT2D eigenvalue weighted by Crippen LogP contribution is -1.88. The van der Waals surface area contributed by atoms with Crippen LogP contribution in [0.4, 0.5) is 0 Å². The highest BCUT2D eigenvalue weighted by atomic mass is 32.1. The lowest BCUT2D eigenvalue weighted by molar-refractivity contribution is 0.652. The molecule has 130 heavy (non-hydrogen) atoms. The van der Waals surface area contributed by atoms with Crippen LogP contribution in [0.25, 0.3) is 271 Å². The lowest BCUT2D eigenvalue weighted by atomic mass is 9.93. The Morgan fingerprint density at radius 2 is 0.500 bits per heavy atom. The number of furan rings is 3. The predicted octanol–water partition coefficient (Wildman–Crippen LogP) is 33.8. The minimum Gasteiger partial charge on any atom is -0.436 e. The second-order valence-corrected chi connectivity index (χ2v) is 36.2. The summed E-state index contributed by atoms with van der Waals surface area (Å²) in [6.45, 7) is 0. The van der Waals surface area contributed by atoms with Crippen LogP contribution in [-0.4, -0.2) is 29.9 Å². The van der Waals surface area contributed by atoms with E-state index in [0.29, 0.717) is 17.1 Å². The normalized spacial score (nSPS) is 11.8. The zero-order valence-corrected chi connectivity index (χ0v) is 71.8. The van der Waals surface area contributed by atoms with E-state index in [9.17, 15) is 0 Å². The topological polar surface area (TPSA) is 117 Å². The summed E-state index contributed by atoms with van der Waals surface area (Å²) in [6.07, 6.45) is 5.45. The Morgan fingerprint density at radius 1 is 0.177 bits per heavy atom. The Morgan fingerprint density at radius 3 is 0.985 bits per heavy atom. The van der Waals surface area contributed by atoms with Crippen LogP contribution in [0.3, 0.4) is 0 Å². The van der Waals surface area contributed by atoms with Crippen LogP contribution >= 0.6 is 34.0 Å². The second kappa shape index (κ2) is 30.7. The maximum absolute atomic E-state index is 6.19. The van der Waals surface area contributed by atoms with Crippen LogP contribution in [0.5, 0.6) is 0 Å². The first kappa shape index (κ1) is 74.9. The first-order chi connectivity index (χ1) is 64.4. The molecule has 0 aliphatic heterocycles. The van der Waals surface area contributed by atoms with E-state index in [-0.39, 0.29) is 0 Å². The van der Waals surface area contributed by atoms with Gasteiger partial charge in [-0.25, -0.2) is 29.9 Å². The first-order valence-corrected chi connectivity index (χ1v) is 45.8. The summed E-state index contributed by atoms with van der Waals surface area (Å²) >= 11 is 5.55. The van der Waals surface area contributed by atoms with Crippen LogP contribution in [-0.2, 0) is 0 Å². The van der Waals surface area contributed by atoms with Crippen molar-refractivity contribution in [2.75, 3.05) is 0 Å². The molecule has 0 atom stereocenters. The third kappa shape index (κ3) is 12.9. The molecule has 19 aromatic carbocycles. The van der Waals surface area contributed by atoms with Gasteiger partial charge in [0.1, 0.15) is 33.3 Å². The van der Waals surface area contributed by atoms with E-state index in [1.54, 1.807) is 0 Å². The standard InChI is InChI=1S/C42H24N2OS.2C38H22N2OS/c1-2-12-29-26(9-1)22-35(32-14-4-3-13-31(29)32)27-19-20-38-36(23-27)40-42(45-38)43-24-37(44-40)28-11-7-10-25(21-28)30-16-8-17-34-33-15-5-6-18-39(33)46-41(30)34;1-2-12-27-23(8-1)9-6-14-28(27)25-18-19-34-32(21-25)36-38(41-34)39-22-33(40-36)26-11-5-10-24(20-26)29-15-7-16-31-30-13-3-4-17-35(30)42-37(29)31;1-2-8-24-19-25(16-15-23(24)7-1)26-17-18-34-32(21-26)36-38(41-34)39-22-33(40-36)28-10-5-9-27(20-28)29-12-6-13-31-30-11-3-4-14-35(30)42-37(29)31/h1-24H;2*1-22H. The first-order valence-electron chi connectivity index (χ1n) is 43.4. The average molecular weight is 1710 g/mol. The Labute approximate surface area is 755 Å². The molecule has 0 amide bonds. The molecule has 0 fully saturated rings. The van der Waals surface area contributed by atoms with E-state index in [0.717, 1.165) is 105 Å². The number of hydrogen-bond acceptors (Lipinski definition) is 12. The molecule has 0 spiro atoms. The monoisotopic (exact) mass is 1710 g/mol. The van der Waals surface area contributed by atoms with Crippen molar-refractivity contribution in [2.45, 2.75) is 0 Å². The van der Waals surface area contributed by atoms with E-state index in [1.165, 1.54) is 148 Å². The van der Waals surface area contributed by atoms with Crippen molar-refractivity contribution in [1.82, 2.24) is 29.9 Å². The summed E-state index contributed by atoms with van der Waals surface area (Å²) in [5.74, 6) is 0. The molecule has 28 rings (SSSR count). The molecule has 0 bridgehead atoms. The van der Waals surface area contributed by atoms with Crippen LogP contribution < -0.4 is 0 Å². The zero-order valence-electron chi connectivity index (χ0n) is 69.4. The highest BCUT2D eigenvalue weighted by Crippen LogP contribution is 2.47. The third-order valence-electron chi connectivity index (χ3n) is 25.4. The molecular formula is C118H68N6O3S3. The van der Waals surface area contributed by atoms with Crippen molar-refractivity contribution in [2.24, 2.45) is 0 Å². The van der Waals surface area contributed by atoms with Crippen LogP contribution in [0.2, 0.25) is 0 Å². The smallest absolute Gasteiger partial charge is 0.246 e. The van der Waals surface area contributed by atoms with Crippen molar-refractivity contribution < 1.29 is 13.3 Å². The fraction of sp³-hybridized carbons (Fsp3) is 0. The van der Waals surface area contributed by atoms with Gasteiger partial charge in [-0.05, 0) is 195 Å². The lowest BCUT2D eigenvalue weighted by Gasteiger charge is -2.11. The maximum atomic E-state index is 6.19. The Balaban J connectivity index is 0.000000103. The van der Waals surface area contributed by atoms with Crippen molar-refractivity contribution in [1.29, 1.82) is 0 Å². The fourth-order valence-corrected chi connectivity index (χ4v) is 22.9. The van der Waals surface area contributed by atoms with Crippen LogP contribution in [0.1, 0.15) is 0 Å². The molecule has 0 aliphatic carbocycles. The second-order valence-electron chi connectivity index (χ2n) is 33.0. The van der Waals surface area contributed by atoms with Crippen molar-refractivity contribution in [3.05, 3.63) is 413 Å². The Bertz CT molecular complexity index is 9510. The minimum absolute atomic E-state index is 0.547. The van der Waals surface area contributed by atoms with Gasteiger partial charge in [0.05, 0.1) is 35.7 Å². The van der Waals surface area contributed by atoms with Gasteiger partial charge in [0.2, 0.25) is 17.1 Å². The average Bonchev–Trinajstić information content (AvgIpc) is 1.47. The van der Waals surface area contributed by atoms with Crippen molar-refractivity contribution in [3.63, 3.8) is 0 Å². The molecule has 0 N–H and O–H groups in total. The van der Waals surface area contributed by atoms with Crippen molar-refractivity contribution >= 4 is 204 Å².